The first-order valence-corrected chi connectivity index (χ1v) is 8.37. The third kappa shape index (κ3) is 4.62. The van der Waals surface area contributed by atoms with Crippen LogP contribution in [-0.4, -0.2) is 58.4 Å². The highest BCUT2D eigenvalue weighted by atomic mass is 32.2. The fraction of sp³-hybridized carbons (Fsp3) is 0.800. The van der Waals surface area contributed by atoms with E-state index in [1.165, 1.54) is 27.0 Å². The fourth-order valence-corrected chi connectivity index (χ4v) is 3.65. The lowest BCUT2D eigenvalue weighted by Crippen LogP contribution is -2.67. The highest BCUT2D eigenvalue weighted by Gasteiger charge is 2.56. The number of carboxylic acid groups (broad SMARTS) is 1. The highest BCUT2D eigenvalue weighted by Crippen LogP contribution is 2.23. The van der Waals surface area contributed by atoms with Gasteiger partial charge in [0, 0.05) is 5.75 Å². The molecule has 0 rings (SSSR count). The number of thioether (sulfide) groups is 1. The first-order chi connectivity index (χ1) is 8.76. The summed E-state index contributed by atoms with van der Waals surface area (Å²) in [5.41, 5.74) is 1.54. The Morgan fingerprint density at radius 3 is 2.05 bits per heavy atom. The molecule has 2 atom stereocenters. The monoisotopic (exact) mass is 329 g/mol. The molecular weight excluding hydrogens is 310 g/mol. The summed E-state index contributed by atoms with van der Waals surface area (Å²) < 4.78 is 36.7. The van der Waals surface area contributed by atoms with E-state index in [2.05, 4.69) is 0 Å². The second kappa shape index (κ2) is 6.29. The van der Waals surface area contributed by atoms with E-state index >= 15 is 0 Å². The lowest BCUT2D eigenvalue weighted by molar-refractivity contribution is -0.169. The summed E-state index contributed by atoms with van der Waals surface area (Å²) in [6, 6.07) is 0. The predicted molar refractivity (Wildman–Crippen MR) is 74.1 cm³/mol. The Hall–Kier alpha value is -0.840. The van der Waals surface area contributed by atoms with E-state index in [0.717, 1.165) is 11.8 Å². The van der Waals surface area contributed by atoms with Crippen molar-refractivity contribution in [3.8, 4) is 0 Å². The molecule has 8 nitrogen and oxygen atoms in total. The van der Waals surface area contributed by atoms with Gasteiger partial charge in [-0.25, -0.2) is 9.59 Å². The second-order valence-corrected chi connectivity index (χ2v) is 7.64. The minimum absolute atomic E-state index is 0.374. The van der Waals surface area contributed by atoms with Gasteiger partial charge in [0.2, 0.25) is 5.54 Å². The van der Waals surface area contributed by atoms with Crippen LogP contribution in [0.2, 0.25) is 0 Å². The van der Waals surface area contributed by atoms with E-state index in [-0.39, 0.29) is 5.75 Å². The van der Waals surface area contributed by atoms with Gasteiger partial charge in [0.15, 0.2) is 0 Å². The van der Waals surface area contributed by atoms with Crippen LogP contribution < -0.4 is 5.73 Å². The fourth-order valence-electron chi connectivity index (χ4n) is 1.32. The van der Waals surface area contributed by atoms with Crippen molar-refractivity contribution in [1.29, 1.82) is 0 Å². The summed E-state index contributed by atoms with van der Waals surface area (Å²) in [7, 11) is -4.86. The van der Waals surface area contributed by atoms with Gasteiger partial charge in [0.25, 0.3) is 10.1 Å². The number of nitrogens with two attached hydrogens (primary N) is 1. The average Bonchev–Trinajstić information content (AvgIpc) is 2.20. The summed E-state index contributed by atoms with van der Waals surface area (Å²) in [6.45, 7) is 4.43. The molecule has 0 heterocycles. The number of aliphatic carboxylic acids is 1. The Morgan fingerprint density at radius 1 is 1.35 bits per heavy atom. The van der Waals surface area contributed by atoms with Crippen molar-refractivity contribution in [2.45, 2.75) is 37.2 Å². The number of esters is 1. The van der Waals surface area contributed by atoms with Crippen LogP contribution in [0.15, 0.2) is 0 Å². The van der Waals surface area contributed by atoms with E-state index < -0.39 is 38.4 Å². The lowest BCUT2D eigenvalue weighted by atomic mass is 9.97. The quantitative estimate of drug-likeness (QED) is 0.340. The number of carboxylic acids is 1. The van der Waals surface area contributed by atoms with Gasteiger partial charge in [-0.3, -0.25) is 4.55 Å². The van der Waals surface area contributed by atoms with Gasteiger partial charge in [-0.2, -0.15) is 20.2 Å². The molecule has 2 unspecified atom stereocenters. The molecule has 0 aliphatic heterocycles. The standard InChI is InChI=1S/C10H19NO7S2/c1-9(2,3)18-8(14)10(11,7(12)13)6(5-19-4)20(15,16)17/h6H,5,11H2,1-4H3,(H,12,13)(H,15,16,17). The van der Waals surface area contributed by atoms with E-state index in [1.54, 1.807) is 0 Å². The van der Waals surface area contributed by atoms with Gasteiger partial charge in [-0.1, -0.05) is 0 Å². The largest absolute Gasteiger partial charge is 0.479 e. The van der Waals surface area contributed by atoms with Crippen molar-refractivity contribution >= 4 is 33.8 Å². The smallest absolute Gasteiger partial charge is 0.339 e. The van der Waals surface area contributed by atoms with E-state index in [1.807, 2.05) is 0 Å². The number of hydrogen-bond acceptors (Lipinski definition) is 7. The molecule has 0 bridgehead atoms. The highest BCUT2D eigenvalue weighted by molar-refractivity contribution is 7.99. The van der Waals surface area contributed by atoms with Gasteiger partial charge in [0.1, 0.15) is 10.9 Å². The van der Waals surface area contributed by atoms with E-state index in [0.29, 0.717) is 0 Å². The molecule has 0 aromatic rings. The molecular formula is C10H19NO7S2. The number of carbonyl (C=O) groups is 2. The first-order valence-electron chi connectivity index (χ1n) is 5.47. The molecule has 0 aliphatic rings. The van der Waals surface area contributed by atoms with E-state index in [4.69, 9.17) is 20.1 Å². The molecule has 0 amide bonds. The maximum absolute atomic E-state index is 12.0. The second-order valence-electron chi connectivity index (χ2n) is 5.14. The van der Waals surface area contributed by atoms with Crippen molar-refractivity contribution in [1.82, 2.24) is 0 Å². The number of rotatable bonds is 6. The third-order valence-electron chi connectivity index (χ3n) is 2.28. The summed E-state index contributed by atoms with van der Waals surface area (Å²) in [4.78, 5) is 23.3. The van der Waals surface area contributed by atoms with Crippen LogP contribution in [0.5, 0.6) is 0 Å². The van der Waals surface area contributed by atoms with Gasteiger partial charge >= 0.3 is 11.9 Å². The molecule has 0 spiro atoms. The minimum atomic E-state index is -4.86. The first kappa shape index (κ1) is 19.2. The van der Waals surface area contributed by atoms with Gasteiger partial charge in [-0.15, -0.1) is 0 Å². The van der Waals surface area contributed by atoms with Crippen molar-refractivity contribution in [2.24, 2.45) is 5.73 Å². The minimum Gasteiger partial charge on any atom is -0.479 e. The van der Waals surface area contributed by atoms with Crippen molar-refractivity contribution in [3.05, 3.63) is 0 Å². The van der Waals surface area contributed by atoms with Gasteiger partial charge in [-0.05, 0) is 27.0 Å². The van der Waals surface area contributed by atoms with Crippen LogP contribution in [0.4, 0.5) is 0 Å². The zero-order valence-corrected chi connectivity index (χ0v) is 13.2. The topological polar surface area (TPSA) is 144 Å². The van der Waals surface area contributed by atoms with Crippen LogP contribution in [0.1, 0.15) is 20.8 Å². The Labute approximate surface area is 121 Å². The lowest BCUT2D eigenvalue weighted by Gasteiger charge is -2.32. The van der Waals surface area contributed by atoms with Crippen LogP contribution in [0.25, 0.3) is 0 Å². The molecule has 0 aliphatic carbocycles. The Bertz CT molecular complexity index is 482. The van der Waals surface area contributed by atoms with Crippen LogP contribution in [0.3, 0.4) is 0 Å². The summed E-state index contributed by atoms with van der Waals surface area (Å²) >= 11 is 0.926. The summed E-state index contributed by atoms with van der Waals surface area (Å²) in [5.74, 6) is -3.68. The molecule has 10 heteroatoms. The molecule has 0 aromatic carbocycles. The van der Waals surface area contributed by atoms with Gasteiger partial charge in [0.05, 0.1) is 0 Å². The maximum Gasteiger partial charge on any atom is 0.339 e. The molecule has 0 aromatic heterocycles. The molecule has 118 valence electrons. The molecule has 0 fully saturated rings. The number of ether oxygens (including phenoxy) is 1. The van der Waals surface area contributed by atoms with Crippen molar-refractivity contribution in [2.75, 3.05) is 12.0 Å². The van der Waals surface area contributed by atoms with Crippen LogP contribution in [-0.2, 0) is 24.4 Å². The summed E-state index contributed by atoms with van der Waals surface area (Å²) in [6.07, 6.45) is 1.48. The molecule has 4 N–H and O–H groups in total. The maximum atomic E-state index is 12.0. The average molecular weight is 329 g/mol. The number of hydrogen-bond donors (Lipinski definition) is 3. The zero-order chi connectivity index (χ0) is 16.4. The predicted octanol–water partition coefficient (Wildman–Crippen LogP) is -0.270. The third-order valence-corrected chi connectivity index (χ3v) is 4.41. The SMILES string of the molecule is CSCC(C(N)(C(=O)O)C(=O)OC(C)(C)C)S(=O)(=O)O. The van der Waals surface area contributed by atoms with Crippen LogP contribution >= 0.6 is 11.8 Å². The van der Waals surface area contributed by atoms with Crippen molar-refractivity contribution in [3.63, 3.8) is 0 Å². The molecule has 0 saturated heterocycles. The molecule has 20 heavy (non-hydrogen) atoms. The van der Waals surface area contributed by atoms with E-state index in [9.17, 15) is 18.0 Å². The molecule has 0 radical (unpaired) electrons. The molecule has 0 saturated carbocycles. The normalized spacial score (nSPS) is 17.1. The van der Waals surface area contributed by atoms with Crippen LogP contribution in [0, 0.1) is 0 Å². The number of carbonyl (C=O) groups excluding carboxylic acids is 1. The zero-order valence-electron chi connectivity index (χ0n) is 11.6. The Morgan fingerprint density at radius 2 is 1.80 bits per heavy atom. The Kier molecular flexibility index (Phi) is 6.02. The van der Waals surface area contributed by atoms with Gasteiger partial charge < -0.3 is 15.6 Å². The van der Waals surface area contributed by atoms with Crippen molar-refractivity contribution < 1.29 is 32.4 Å². The Balaban J connectivity index is 5.81. The summed E-state index contributed by atoms with van der Waals surface area (Å²) in [5, 5.41) is 7.13.